The number of aromatic nitrogens is 1. The predicted molar refractivity (Wildman–Crippen MR) is 75.2 cm³/mol. The number of hydrogen-bond donors (Lipinski definition) is 2. The highest BCUT2D eigenvalue weighted by molar-refractivity contribution is 7.13. The second kappa shape index (κ2) is 6.14. The Morgan fingerprint density at radius 3 is 3.05 bits per heavy atom. The van der Waals surface area contributed by atoms with Crippen LogP contribution < -0.4 is 5.32 Å². The number of rotatable bonds is 2. The number of aryl methyl sites for hydroxylation is 1. The third-order valence-electron chi connectivity index (χ3n) is 2.28. The summed E-state index contributed by atoms with van der Waals surface area (Å²) in [5.41, 5.74) is 2.08. The van der Waals surface area contributed by atoms with E-state index in [1.807, 2.05) is 12.3 Å². The molecular weight excluding hydrogens is 260 g/mol. The van der Waals surface area contributed by atoms with E-state index in [0.717, 1.165) is 5.69 Å². The lowest BCUT2D eigenvalue weighted by Gasteiger charge is -2.02. The summed E-state index contributed by atoms with van der Waals surface area (Å²) >= 11 is 1.39. The maximum atomic E-state index is 12.0. The zero-order valence-electron chi connectivity index (χ0n) is 10.3. The van der Waals surface area contributed by atoms with Gasteiger partial charge in [-0.3, -0.25) is 10.1 Å². The monoisotopic (exact) mass is 272 g/mol. The third kappa shape index (κ3) is 3.65. The highest BCUT2D eigenvalue weighted by atomic mass is 32.1. The highest BCUT2D eigenvalue weighted by Gasteiger charge is 2.08. The molecule has 1 heterocycles. The first-order chi connectivity index (χ1) is 9.19. The van der Waals surface area contributed by atoms with E-state index in [9.17, 15) is 4.79 Å². The Morgan fingerprint density at radius 2 is 2.37 bits per heavy atom. The van der Waals surface area contributed by atoms with Crippen molar-refractivity contribution in [1.29, 1.82) is 0 Å². The number of carbonyl (C=O) groups is 1. The van der Waals surface area contributed by atoms with E-state index in [1.54, 1.807) is 24.3 Å². The fourth-order valence-electron chi connectivity index (χ4n) is 1.46. The summed E-state index contributed by atoms with van der Waals surface area (Å²) in [6.45, 7) is 1.67. The van der Waals surface area contributed by atoms with E-state index in [4.69, 9.17) is 5.11 Å². The van der Waals surface area contributed by atoms with Crippen LogP contribution in [0.25, 0.3) is 0 Å². The first-order valence-corrected chi connectivity index (χ1v) is 6.50. The molecule has 1 aromatic heterocycles. The van der Waals surface area contributed by atoms with Crippen molar-refractivity contribution in [2.75, 3.05) is 11.9 Å². The molecule has 2 rings (SSSR count). The van der Waals surface area contributed by atoms with Crippen LogP contribution in [0.4, 0.5) is 5.13 Å². The van der Waals surface area contributed by atoms with E-state index in [-0.39, 0.29) is 12.5 Å². The van der Waals surface area contributed by atoms with Gasteiger partial charge in [-0.2, -0.15) is 0 Å². The molecule has 0 aliphatic heterocycles. The standard InChI is InChI=1S/C14H12N2O2S/c1-10-9-19-14(15-10)16-13(18)12-6-2-4-11(8-12)5-3-7-17/h2,4,6,8-9,17H,7H2,1H3,(H,15,16,18). The van der Waals surface area contributed by atoms with Crippen LogP contribution in [0.1, 0.15) is 21.6 Å². The molecule has 96 valence electrons. The van der Waals surface area contributed by atoms with Crippen LogP contribution in [0.3, 0.4) is 0 Å². The van der Waals surface area contributed by atoms with Crippen molar-refractivity contribution in [2.45, 2.75) is 6.92 Å². The average molecular weight is 272 g/mol. The highest BCUT2D eigenvalue weighted by Crippen LogP contribution is 2.16. The van der Waals surface area contributed by atoms with Crippen molar-refractivity contribution < 1.29 is 9.90 Å². The summed E-state index contributed by atoms with van der Waals surface area (Å²) in [6.07, 6.45) is 0. The Bertz CT molecular complexity index is 653. The molecule has 0 radical (unpaired) electrons. The van der Waals surface area contributed by atoms with Crippen LogP contribution in [0.15, 0.2) is 29.6 Å². The van der Waals surface area contributed by atoms with Gasteiger partial charge in [0.15, 0.2) is 5.13 Å². The molecular formula is C14H12N2O2S. The summed E-state index contributed by atoms with van der Waals surface area (Å²) in [5, 5.41) is 13.8. The summed E-state index contributed by atoms with van der Waals surface area (Å²) in [6, 6.07) is 6.93. The van der Waals surface area contributed by atoms with Crippen LogP contribution in [0.5, 0.6) is 0 Å². The van der Waals surface area contributed by atoms with Crippen LogP contribution in [-0.2, 0) is 0 Å². The topological polar surface area (TPSA) is 62.2 Å². The van der Waals surface area contributed by atoms with Gasteiger partial charge in [0.25, 0.3) is 5.91 Å². The molecule has 1 amide bonds. The van der Waals surface area contributed by atoms with Crippen molar-refractivity contribution in [3.8, 4) is 11.8 Å². The van der Waals surface area contributed by atoms with Crippen LogP contribution in [-0.4, -0.2) is 22.6 Å². The average Bonchev–Trinajstić information content (AvgIpc) is 2.82. The van der Waals surface area contributed by atoms with Gasteiger partial charge in [0.2, 0.25) is 0 Å². The summed E-state index contributed by atoms with van der Waals surface area (Å²) in [4.78, 5) is 16.2. The predicted octanol–water partition coefficient (Wildman–Crippen LogP) is 2.05. The summed E-state index contributed by atoms with van der Waals surface area (Å²) in [5.74, 6) is 5.09. The zero-order valence-corrected chi connectivity index (χ0v) is 11.1. The molecule has 0 spiro atoms. The molecule has 2 aromatic rings. The second-order valence-corrected chi connectivity index (χ2v) is 4.65. The van der Waals surface area contributed by atoms with Crippen molar-refractivity contribution in [3.63, 3.8) is 0 Å². The maximum absolute atomic E-state index is 12.0. The first kappa shape index (κ1) is 13.3. The largest absolute Gasteiger partial charge is 0.384 e. The molecule has 0 aliphatic rings. The minimum atomic E-state index is -0.220. The van der Waals surface area contributed by atoms with Crippen molar-refractivity contribution in [1.82, 2.24) is 4.98 Å². The Hall–Kier alpha value is -2.16. The molecule has 19 heavy (non-hydrogen) atoms. The fourth-order valence-corrected chi connectivity index (χ4v) is 2.14. The van der Waals surface area contributed by atoms with Gasteiger partial charge in [-0.15, -0.1) is 11.3 Å². The van der Waals surface area contributed by atoms with Gasteiger partial charge in [0.05, 0.1) is 5.69 Å². The molecule has 0 aliphatic carbocycles. The molecule has 2 N–H and O–H groups in total. The minimum Gasteiger partial charge on any atom is -0.384 e. The molecule has 0 bridgehead atoms. The Balaban J connectivity index is 2.15. The SMILES string of the molecule is Cc1csc(NC(=O)c2cccc(C#CCO)c2)n1. The van der Waals surface area contributed by atoms with Crippen molar-refractivity contribution in [3.05, 3.63) is 46.5 Å². The van der Waals surface area contributed by atoms with E-state index in [1.165, 1.54) is 11.3 Å². The maximum Gasteiger partial charge on any atom is 0.257 e. The Morgan fingerprint density at radius 1 is 1.53 bits per heavy atom. The molecule has 0 saturated carbocycles. The molecule has 0 atom stereocenters. The number of nitrogens with one attached hydrogen (secondary N) is 1. The summed E-state index contributed by atoms with van der Waals surface area (Å²) in [7, 11) is 0. The van der Waals surface area contributed by atoms with Crippen molar-refractivity contribution in [2.24, 2.45) is 0 Å². The quantitative estimate of drug-likeness (QED) is 0.822. The van der Waals surface area contributed by atoms with Gasteiger partial charge >= 0.3 is 0 Å². The number of aliphatic hydroxyl groups is 1. The normalized spacial score (nSPS) is 9.58. The first-order valence-electron chi connectivity index (χ1n) is 5.62. The van der Waals surface area contributed by atoms with Gasteiger partial charge in [-0.05, 0) is 25.1 Å². The molecule has 1 aromatic carbocycles. The molecule has 0 fully saturated rings. The van der Waals surface area contributed by atoms with E-state index < -0.39 is 0 Å². The van der Waals surface area contributed by atoms with Gasteiger partial charge in [0.1, 0.15) is 6.61 Å². The van der Waals surface area contributed by atoms with Gasteiger partial charge in [-0.25, -0.2) is 4.98 Å². The molecule has 0 unspecified atom stereocenters. The molecule has 5 heteroatoms. The number of nitrogens with zero attached hydrogens (tertiary/aromatic N) is 1. The second-order valence-electron chi connectivity index (χ2n) is 3.79. The van der Waals surface area contributed by atoms with Gasteiger partial charge < -0.3 is 5.11 Å². The number of aliphatic hydroxyl groups excluding tert-OH is 1. The third-order valence-corrected chi connectivity index (χ3v) is 3.15. The number of anilines is 1. The minimum absolute atomic E-state index is 0.200. The number of hydrogen-bond acceptors (Lipinski definition) is 4. The lowest BCUT2D eigenvalue weighted by Crippen LogP contribution is -2.11. The van der Waals surface area contributed by atoms with Crippen LogP contribution in [0.2, 0.25) is 0 Å². The van der Waals surface area contributed by atoms with E-state index >= 15 is 0 Å². The van der Waals surface area contributed by atoms with E-state index in [2.05, 4.69) is 22.1 Å². The smallest absolute Gasteiger partial charge is 0.257 e. The van der Waals surface area contributed by atoms with Gasteiger partial charge in [0, 0.05) is 16.5 Å². The zero-order chi connectivity index (χ0) is 13.7. The summed E-state index contributed by atoms with van der Waals surface area (Å²) < 4.78 is 0. The Kier molecular flexibility index (Phi) is 4.29. The van der Waals surface area contributed by atoms with Gasteiger partial charge in [-0.1, -0.05) is 17.9 Å². The van der Waals surface area contributed by atoms with Crippen molar-refractivity contribution >= 4 is 22.4 Å². The Labute approximate surface area is 115 Å². The van der Waals surface area contributed by atoms with Crippen LogP contribution >= 0.6 is 11.3 Å². The fraction of sp³-hybridized carbons (Fsp3) is 0.143. The number of thiazole rings is 1. The lowest BCUT2D eigenvalue weighted by atomic mass is 10.1. The molecule has 0 saturated heterocycles. The van der Waals surface area contributed by atoms with E-state index in [0.29, 0.717) is 16.3 Å². The molecule has 4 nitrogen and oxygen atoms in total. The number of benzene rings is 1. The number of amides is 1. The van der Waals surface area contributed by atoms with Crippen LogP contribution in [0, 0.1) is 18.8 Å². The lowest BCUT2D eigenvalue weighted by molar-refractivity contribution is 0.102. The number of carbonyl (C=O) groups excluding carboxylic acids is 1.